The number of likely N-dealkylation sites (tertiary alicyclic amines) is 1. The molecule has 0 radical (unpaired) electrons. The molecule has 0 aliphatic carbocycles. The average molecular weight is 369 g/mol. The summed E-state index contributed by atoms with van der Waals surface area (Å²) in [5, 5.41) is 6.78. The largest absolute Gasteiger partial charge is 0.339 e. The molecule has 2 aromatic rings. The van der Waals surface area contributed by atoms with E-state index in [9.17, 15) is 9.59 Å². The molecule has 142 valence electrons. The molecule has 4 rings (SSSR count). The molecule has 2 fully saturated rings. The summed E-state index contributed by atoms with van der Waals surface area (Å²) in [6, 6.07) is 7.42. The van der Waals surface area contributed by atoms with Crippen LogP contribution in [-0.2, 0) is 6.42 Å². The summed E-state index contributed by atoms with van der Waals surface area (Å²) in [4.78, 5) is 31.9. The van der Waals surface area contributed by atoms with Crippen molar-refractivity contribution in [1.82, 2.24) is 25.3 Å². The van der Waals surface area contributed by atoms with E-state index in [2.05, 4.69) is 15.5 Å². The number of benzene rings is 1. The quantitative estimate of drug-likeness (QED) is 0.897. The molecule has 4 amide bonds. The Labute approximate surface area is 157 Å². The molecule has 3 heterocycles. The second-order valence-corrected chi connectivity index (χ2v) is 7.15. The molecule has 2 saturated heterocycles. The molecule has 0 saturated carbocycles. The first-order chi connectivity index (χ1) is 13.1. The Balaban J connectivity index is 1.40. The van der Waals surface area contributed by atoms with E-state index < -0.39 is 0 Å². The second kappa shape index (κ2) is 7.38. The number of urea groups is 2. The van der Waals surface area contributed by atoms with Crippen LogP contribution in [0.25, 0.3) is 11.4 Å². The predicted molar refractivity (Wildman–Crippen MR) is 98.0 cm³/mol. The fourth-order valence-corrected chi connectivity index (χ4v) is 3.75. The van der Waals surface area contributed by atoms with Gasteiger partial charge in [0.25, 0.3) is 0 Å². The van der Waals surface area contributed by atoms with Crippen molar-refractivity contribution in [3.05, 3.63) is 35.7 Å². The first-order valence-electron chi connectivity index (χ1n) is 9.34. The maximum Gasteiger partial charge on any atom is 0.328 e. The maximum atomic E-state index is 12.6. The number of amides is 4. The molecule has 2 aliphatic heterocycles. The van der Waals surface area contributed by atoms with Crippen LogP contribution in [-0.4, -0.2) is 58.2 Å². The number of nitrogens with zero attached hydrogens (tertiary/aromatic N) is 4. The zero-order valence-corrected chi connectivity index (χ0v) is 15.4. The Morgan fingerprint density at radius 2 is 2.19 bits per heavy atom. The van der Waals surface area contributed by atoms with Gasteiger partial charge >= 0.3 is 12.1 Å². The molecule has 2 aliphatic rings. The van der Waals surface area contributed by atoms with Gasteiger partial charge in [0.1, 0.15) is 0 Å². The third-order valence-corrected chi connectivity index (χ3v) is 5.19. The first-order valence-corrected chi connectivity index (χ1v) is 9.34. The van der Waals surface area contributed by atoms with Crippen molar-refractivity contribution in [3.63, 3.8) is 0 Å². The average Bonchev–Trinajstić information content (AvgIpc) is 3.31. The van der Waals surface area contributed by atoms with E-state index in [4.69, 9.17) is 4.52 Å². The Hall–Kier alpha value is -2.90. The van der Waals surface area contributed by atoms with Crippen molar-refractivity contribution in [2.45, 2.75) is 26.2 Å². The Bertz CT molecular complexity index is 849. The molecule has 1 aromatic heterocycles. The van der Waals surface area contributed by atoms with Crippen LogP contribution in [0.5, 0.6) is 0 Å². The van der Waals surface area contributed by atoms with Crippen molar-refractivity contribution in [2.24, 2.45) is 5.92 Å². The van der Waals surface area contributed by atoms with Gasteiger partial charge in [-0.15, -0.1) is 0 Å². The summed E-state index contributed by atoms with van der Waals surface area (Å²) in [6.07, 6.45) is 2.54. The molecule has 0 bridgehead atoms. The number of piperidine rings is 1. The predicted octanol–water partition coefficient (Wildman–Crippen LogP) is 2.44. The highest BCUT2D eigenvalue weighted by molar-refractivity contribution is 5.95. The first kappa shape index (κ1) is 17.5. The molecule has 8 heteroatoms. The highest BCUT2D eigenvalue weighted by Gasteiger charge is 2.33. The molecule has 1 N–H and O–H groups in total. The fraction of sp³-hybridized carbons (Fsp3) is 0.474. The lowest BCUT2D eigenvalue weighted by Gasteiger charge is -2.33. The van der Waals surface area contributed by atoms with Crippen LogP contribution < -0.4 is 5.32 Å². The highest BCUT2D eigenvalue weighted by Crippen LogP contribution is 2.24. The van der Waals surface area contributed by atoms with Crippen LogP contribution in [0.1, 0.15) is 24.3 Å². The van der Waals surface area contributed by atoms with Gasteiger partial charge in [-0.05, 0) is 31.2 Å². The summed E-state index contributed by atoms with van der Waals surface area (Å²) < 4.78 is 5.45. The summed E-state index contributed by atoms with van der Waals surface area (Å²) in [5.74, 6) is 1.44. The molecular weight excluding hydrogens is 346 g/mol. The molecular formula is C19H23N5O3. The van der Waals surface area contributed by atoms with E-state index >= 15 is 0 Å². The van der Waals surface area contributed by atoms with Gasteiger partial charge in [-0.2, -0.15) is 4.98 Å². The third-order valence-electron chi connectivity index (χ3n) is 5.19. The SMILES string of the molecule is Cc1ccccc1-c1noc(C[C@H]2CCCN(C(=O)N3CCNC3=O)C2)n1. The molecule has 1 aromatic carbocycles. The van der Waals surface area contributed by atoms with Gasteiger partial charge in [-0.1, -0.05) is 29.4 Å². The van der Waals surface area contributed by atoms with Crippen molar-refractivity contribution in [1.29, 1.82) is 0 Å². The lowest BCUT2D eigenvalue weighted by Crippen LogP contribution is -2.48. The van der Waals surface area contributed by atoms with Crippen LogP contribution >= 0.6 is 0 Å². The Kier molecular flexibility index (Phi) is 4.79. The van der Waals surface area contributed by atoms with Crippen LogP contribution in [0.2, 0.25) is 0 Å². The second-order valence-electron chi connectivity index (χ2n) is 7.15. The van der Waals surface area contributed by atoms with Crippen LogP contribution in [0.4, 0.5) is 9.59 Å². The van der Waals surface area contributed by atoms with Gasteiger partial charge in [0.15, 0.2) is 0 Å². The molecule has 27 heavy (non-hydrogen) atoms. The molecule has 0 unspecified atom stereocenters. The van der Waals surface area contributed by atoms with Crippen molar-refractivity contribution in [3.8, 4) is 11.4 Å². The minimum absolute atomic E-state index is 0.208. The normalized spacial score (nSPS) is 20.0. The van der Waals surface area contributed by atoms with Crippen LogP contribution in [0.15, 0.2) is 28.8 Å². The van der Waals surface area contributed by atoms with Crippen LogP contribution in [0, 0.1) is 12.8 Å². The number of carbonyl (C=O) groups is 2. The fourth-order valence-electron chi connectivity index (χ4n) is 3.75. The Morgan fingerprint density at radius 1 is 1.33 bits per heavy atom. The number of carbonyl (C=O) groups excluding carboxylic acids is 2. The minimum atomic E-state index is -0.304. The molecule has 0 spiro atoms. The van der Waals surface area contributed by atoms with Gasteiger partial charge in [0.2, 0.25) is 11.7 Å². The van der Waals surface area contributed by atoms with E-state index in [1.807, 2.05) is 31.2 Å². The maximum absolute atomic E-state index is 12.6. The third kappa shape index (κ3) is 3.65. The topological polar surface area (TPSA) is 91.6 Å². The van der Waals surface area contributed by atoms with E-state index in [1.165, 1.54) is 4.90 Å². The van der Waals surface area contributed by atoms with Gasteiger partial charge < -0.3 is 14.7 Å². The standard InChI is InChI=1S/C19H23N5O3/c1-13-5-2-3-7-15(13)17-21-16(27-22-17)11-14-6-4-9-23(12-14)19(26)24-10-8-20-18(24)25/h2-3,5,7,14H,4,6,8-12H2,1H3,(H,20,25)/t14-/m1/s1. The number of rotatable bonds is 3. The zero-order valence-electron chi connectivity index (χ0n) is 15.4. The number of aromatic nitrogens is 2. The van der Waals surface area contributed by atoms with Gasteiger partial charge in [0, 0.05) is 38.2 Å². The van der Waals surface area contributed by atoms with Crippen LogP contribution in [0.3, 0.4) is 0 Å². The zero-order chi connectivity index (χ0) is 18.8. The van der Waals surface area contributed by atoms with Gasteiger partial charge in [-0.25, -0.2) is 14.5 Å². The number of nitrogens with one attached hydrogen (secondary N) is 1. The van der Waals surface area contributed by atoms with E-state index in [1.54, 1.807) is 4.90 Å². The monoisotopic (exact) mass is 369 g/mol. The van der Waals surface area contributed by atoms with E-state index in [0.717, 1.165) is 24.0 Å². The number of imide groups is 1. The molecule has 8 nitrogen and oxygen atoms in total. The lowest BCUT2D eigenvalue weighted by molar-refractivity contribution is 0.137. The summed E-state index contributed by atoms with van der Waals surface area (Å²) in [7, 11) is 0. The van der Waals surface area contributed by atoms with E-state index in [-0.39, 0.29) is 18.0 Å². The van der Waals surface area contributed by atoms with Gasteiger partial charge in [-0.3, -0.25) is 0 Å². The summed E-state index contributed by atoms with van der Waals surface area (Å²) in [6.45, 7) is 4.25. The Morgan fingerprint density at radius 3 is 2.96 bits per heavy atom. The number of aryl methyl sites for hydroxylation is 1. The lowest BCUT2D eigenvalue weighted by atomic mass is 9.95. The van der Waals surface area contributed by atoms with Crippen molar-refractivity contribution in [2.75, 3.05) is 26.2 Å². The van der Waals surface area contributed by atoms with Gasteiger partial charge in [0.05, 0.1) is 0 Å². The molecule has 1 atom stereocenters. The highest BCUT2D eigenvalue weighted by atomic mass is 16.5. The minimum Gasteiger partial charge on any atom is -0.339 e. The van der Waals surface area contributed by atoms with E-state index in [0.29, 0.717) is 44.3 Å². The number of hydrogen-bond acceptors (Lipinski definition) is 5. The summed E-state index contributed by atoms with van der Waals surface area (Å²) >= 11 is 0. The summed E-state index contributed by atoms with van der Waals surface area (Å²) in [5.41, 5.74) is 2.07. The van der Waals surface area contributed by atoms with Crippen molar-refractivity contribution >= 4 is 12.1 Å². The smallest absolute Gasteiger partial charge is 0.328 e. The van der Waals surface area contributed by atoms with Crippen molar-refractivity contribution < 1.29 is 14.1 Å². The number of hydrogen-bond donors (Lipinski definition) is 1.